The predicted molar refractivity (Wildman–Crippen MR) is 72.6 cm³/mol. The number of para-hydroxylation sites is 1. The van der Waals surface area contributed by atoms with Crippen LogP contribution in [0.1, 0.15) is 18.4 Å². The van der Waals surface area contributed by atoms with E-state index in [4.69, 9.17) is 4.74 Å². The van der Waals surface area contributed by atoms with Gasteiger partial charge in [-0.15, -0.1) is 11.3 Å². The number of methoxy groups -OCH3 is 1. The first-order valence-corrected chi connectivity index (χ1v) is 6.72. The predicted octanol–water partition coefficient (Wildman–Crippen LogP) is 2.34. The first-order valence-electron chi connectivity index (χ1n) is 5.90. The number of fused-ring (bicyclic) bond motifs is 1. The summed E-state index contributed by atoms with van der Waals surface area (Å²) in [5, 5.41) is 4.16. The lowest BCUT2D eigenvalue weighted by atomic mass is 10.2. The Labute approximate surface area is 110 Å². The summed E-state index contributed by atoms with van der Waals surface area (Å²) < 4.78 is 5.90. The van der Waals surface area contributed by atoms with Crippen LogP contribution in [0.2, 0.25) is 0 Å². The van der Waals surface area contributed by atoms with E-state index in [-0.39, 0.29) is 12.0 Å². The van der Waals surface area contributed by atoms with Crippen LogP contribution in [0.5, 0.6) is 0 Å². The second kappa shape index (κ2) is 5.93. The van der Waals surface area contributed by atoms with Crippen molar-refractivity contribution in [1.82, 2.24) is 10.3 Å². The highest BCUT2D eigenvalue weighted by atomic mass is 32.1. The number of nitrogens with one attached hydrogen (secondary N) is 1. The molecule has 4 nitrogen and oxygen atoms in total. The molecule has 2 aromatic rings. The number of ether oxygens (including phenoxy) is 1. The van der Waals surface area contributed by atoms with Gasteiger partial charge in [-0.05, 0) is 18.6 Å². The molecule has 1 atom stereocenters. The number of esters is 1. The molecule has 0 bridgehead atoms. The van der Waals surface area contributed by atoms with Crippen molar-refractivity contribution in [2.75, 3.05) is 7.11 Å². The van der Waals surface area contributed by atoms with E-state index in [0.717, 1.165) is 10.5 Å². The minimum atomic E-state index is -0.262. The van der Waals surface area contributed by atoms with E-state index < -0.39 is 0 Å². The summed E-state index contributed by atoms with van der Waals surface area (Å²) in [6, 6.07) is 7.76. The molecule has 0 amide bonds. The Hall–Kier alpha value is -1.46. The Morgan fingerprint density at radius 3 is 2.94 bits per heavy atom. The number of carbonyl (C=O) groups is 1. The van der Waals surface area contributed by atoms with Gasteiger partial charge in [0, 0.05) is 6.54 Å². The lowest BCUT2D eigenvalue weighted by Crippen LogP contribution is -2.36. The van der Waals surface area contributed by atoms with E-state index in [1.807, 2.05) is 31.2 Å². The van der Waals surface area contributed by atoms with E-state index in [1.165, 1.54) is 11.8 Å². The third-order valence-electron chi connectivity index (χ3n) is 2.73. The van der Waals surface area contributed by atoms with Crippen LogP contribution in [0.15, 0.2) is 24.3 Å². The van der Waals surface area contributed by atoms with Gasteiger partial charge in [0.1, 0.15) is 11.0 Å². The van der Waals surface area contributed by atoms with Crippen LogP contribution >= 0.6 is 11.3 Å². The second-order valence-corrected chi connectivity index (χ2v) is 5.06. The van der Waals surface area contributed by atoms with Gasteiger partial charge in [0.05, 0.1) is 17.3 Å². The number of hydrogen-bond acceptors (Lipinski definition) is 5. The van der Waals surface area contributed by atoms with Crippen LogP contribution in [0, 0.1) is 0 Å². The van der Waals surface area contributed by atoms with Crippen molar-refractivity contribution in [2.24, 2.45) is 0 Å². The van der Waals surface area contributed by atoms with Crippen LogP contribution in [-0.2, 0) is 16.1 Å². The molecule has 1 aromatic carbocycles. The Morgan fingerprint density at radius 1 is 1.50 bits per heavy atom. The first kappa shape index (κ1) is 13.0. The van der Waals surface area contributed by atoms with Gasteiger partial charge in [0.25, 0.3) is 0 Å². The molecule has 96 valence electrons. The first-order chi connectivity index (χ1) is 8.74. The smallest absolute Gasteiger partial charge is 0.322 e. The molecule has 0 radical (unpaired) electrons. The molecule has 1 unspecified atom stereocenters. The number of nitrogens with zero attached hydrogens (tertiary/aromatic N) is 1. The Balaban J connectivity index is 2.03. The summed E-state index contributed by atoms with van der Waals surface area (Å²) in [6.07, 6.45) is 0.706. The fraction of sp³-hybridized carbons (Fsp3) is 0.385. The van der Waals surface area contributed by atoms with E-state index >= 15 is 0 Å². The number of carbonyl (C=O) groups excluding carboxylic acids is 1. The molecule has 0 aliphatic carbocycles. The van der Waals surface area contributed by atoms with E-state index in [9.17, 15) is 4.79 Å². The Kier molecular flexibility index (Phi) is 4.28. The zero-order chi connectivity index (χ0) is 13.0. The molecule has 2 rings (SSSR count). The van der Waals surface area contributed by atoms with E-state index in [0.29, 0.717) is 13.0 Å². The molecule has 1 heterocycles. The Morgan fingerprint density at radius 2 is 2.28 bits per heavy atom. The average molecular weight is 264 g/mol. The van der Waals surface area contributed by atoms with Crippen molar-refractivity contribution >= 4 is 27.5 Å². The minimum Gasteiger partial charge on any atom is -0.468 e. The van der Waals surface area contributed by atoms with Gasteiger partial charge in [-0.2, -0.15) is 0 Å². The summed E-state index contributed by atoms with van der Waals surface area (Å²) >= 11 is 1.64. The summed E-state index contributed by atoms with van der Waals surface area (Å²) in [6.45, 7) is 2.54. The molecule has 1 aromatic heterocycles. The number of hydrogen-bond donors (Lipinski definition) is 1. The lowest BCUT2D eigenvalue weighted by Gasteiger charge is -2.12. The van der Waals surface area contributed by atoms with E-state index in [1.54, 1.807) is 11.3 Å². The zero-order valence-electron chi connectivity index (χ0n) is 10.5. The summed E-state index contributed by atoms with van der Waals surface area (Å²) in [5.74, 6) is -0.224. The number of rotatable bonds is 5. The second-order valence-electron chi connectivity index (χ2n) is 3.94. The Bertz CT molecular complexity index is 506. The van der Waals surface area contributed by atoms with Gasteiger partial charge >= 0.3 is 5.97 Å². The molecule has 1 N–H and O–H groups in total. The van der Waals surface area contributed by atoms with E-state index in [2.05, 4.69) is 10.3 Å². The molecule has 0 spiro atoms. The number of aromatic nitrogens is 1. The van der Waals surface area contributed by atoms with Gasteiger partial charge in [-0.3, -0.25) is 10.1 Å². The van der Waals surface area contributed by atoms with Gasteiger partial charge < -0.3 is 4.74 Å². The maximum absolute atomic E-state index is 11.4. The van der Waals surface area contributed by atoms with Crippen molar-refractivity contribution in [3.8, 4) is 0 Å². The molecule has 0 saturated carbocycles. The maximum atomic E-state index is 11.4. The van der Waals surface area contributed by atoms with Crippen molar-refractivity contribution in [3.05, 3.63) is 29.3 Å². The van der Waals surface area contributed by atoms with Crippen LogP contribution < -0.4 is 5.32 Å². The molecular formula is C13H16N2O2S. The van der Waals surface area contributed by atoms with Gasteiger partial charge in [-0.25, -0.2) is 4.98 Å². The minimum absolute atomic E-state index is 0.224. The van der Waals surface area contributed by atoms with Crippen molar-refractivity contribution in [1.29, 1.82) is 0 Å². The molecule has 0 aliphatic heterocycles. The monoisotopic (exact) mass is 264 g/mol. The number of benzene rings is 1. The topological polar surface area (TPSA) is 51.2 Å². The fourth-order valence-electron chi connectivity index (χ4n) is 1.74. The highest BCUT2D eigenvalue weighted by Crippen LogP contribution is 2.21. The highest BCUT2D eigenvalue weighted by molar-refractivity contribution is 7.18. The van der Waals surface area contributed by atoms with Crippen LogP contribution in [0.4, 0.5) is 0 Å². The van der Waals surface area contributed by atoms with Crippen molar-refractivity contribution in [2.45, 2.75) is 25.9 Å². The maximum Gasteiger partial charge on any atom is 0.322 e. The lowest BCUT2D eigenvalue weighted by molar-refractivity contribution is -0.143. The summed E-state index contributed by atoms with van der Waals surface area (Å²) in [5.41, 5.74) is 1.01. The summed E-state index contributed by atoms with van der Waals surface area (Å²) in [4.78, 5) is 15.9. The number of thiazole rings is 1. The van der Waals surface area contributed by atoms with Gasteiger partial charge in [-0.1, -0.05) is 19.1 Å². The third-order valence-corrected chi connectivity index (χ3v) is 3.77. The quantitative estimate of drug-likeness (QED) is 0.842. The molecular weight excluding hydrogens is 248 g/mol. The molecule has 0 saturated heterocycles. The zero-order valence-corrected chi connectivity index (χ0v) is 11.3. The SMILES string of the molecule is CCC(NCc1nc2ccccc2s1)C(=O)OC. The van der Waals surface area contributed by atoms with Crippen molar-refractivity contribution < 1.29 is 9.53 Å². The van der Waals surface area contributed by atoms with Crippen LogP contribution in [0.25, 0.3) is 10.2 Å². The van der Waals surface area contributed by atoms with Crippen molar-refractivity contribution in [3.63, 3.8) is 0 Å². The molecule has 5 heteroatoms. The highest BCUT2D eigenvalue weighted by Gasteiger charge is 2.16. The largest absolute Gasteiger partial charge is 0.468 e. The molecule has 0 fully saturated rings. The van der Waals surface area contributed by atoms with Gasteiger partial charge in [0.15, 0.2) is 0 Å². The average Bonchev–Trinajstić information content (AvgIpc) is 2.81. The standard InChI is InChI=1S/C13H16N2O2S/c1-3-9(13(16)17-2)14-8-12-15-10-6-4-5-7-11(10)18-12/h4-7,9,14H,3,8H2,1-2H3. The molecule has 18 heavy (non-hydrogen) atoms. The van der Waals surface area contributed by atoms with Crippen LogP contribution in [0.3, 0.4) is 0 Å². The normalized spacial score (nSPS) is 12.6. The summed E-state index contributed by atoms with van der Waals surface area (Å²) in [7, 11) is 1.41. The van der Waals surface area contributed by atoms with Gasteiger partial charge in [0.2, 0.25) is 0 Å². The third kappa shape index (κ3) is 2.86. The molecule has 0 aliphatic rings. The van der Waals surface area contributed by atoms with Crippen LogP contribution in [-0.4, -0.2) is 24.1 Å². The fourth-order valence-corrected chi connectivity index (χ4v) is 2.66.